The van der Waals surface area contributed by atoms with E-state index in [1.807, 2.05) is 43.5 Å². The Kier molecular flexibility index (Phi) is 8.11. The SMILES string of the molecule is CCn1c(COc2c(C)cccc2C)nnc1SCC(=O)Nc1cc(Cl)c(Cl)cc1Cl. The second-order valence-corrected chi connectivity index (χ2v) is 8.90. The number of para-hydroxylation sites is 1. The molecule has 10 heteroatoms. The number of nitrogens with zero attached hydrogens (tertiary/aromatic N) is 3. The maximum Gasteiger partial charge on any atom is 0.234 e. The van der Waals surface area contributed by atoms with E-state index in [2.05, 4.69) is 15.5 Å². The van der Waals surface area contributed by atoms with Gasteiger partial charge in [0.25, 0.3) is 0 Å². The topological polar surface area (TPSA) is 69.0 Å². The van der Waals surface area contributed by atoms with Crippen molar-refractivity contribution >= 4 is 58.2 Å². The van der Waals surface area contributed by atoms with E-state index < -0.39 is 0 Å². The van der Waals surface area contributed by atoms with E-state index in [4.69, 9.17) is 39.5 Å². The summed E-state index contributed by atoms with van der Waals surface area (Å²) in [5, 5.41) is 12.8. The molecule has 3 rings (SSSR count). The molecule has 0 aliphatic rings. The molecule has 0 fully saturated rings. The molecule has 1 aromatic heterocycles. The molecule has 6 nitrogen and oxygen atoms in total. The van der Waals surface area contributed by atoms with Crippen molar-refractivity contribution in [2.75, 3.05) is 11.1 Å². The lowest BCUT2D eigenvalue weighted by Gasteiger charge is -2.12. The molecule has 0 aliphatic carbocycles. The lowest BCUT2D eigenvalue weighted by Crippen LogP contribution is -2.15. The van der Waals surface area contributed by atoms with Gasteiger partial charge >= 0.3 is 0 Å². The molecule has 0 unspecified atom stereocenters. The number of halogens is 3. The Hall–Kier alpha value is -1.93. The lowest BCUT2D eigenvalue weighted by molar-refractivity contribution is -0.113. The van der Waals surface area contributed by atoms with Crippen LogP contribution in [0.25, 0.3) is 0 Å². The summed E-state index contributed by atoms with van der Waals surface area (Å²) in [6.07, 6.45) is 0. The quantitative estimate of drug-likeness (QED) is 0.296. The molecule has 0 saturated carbocycles. The summed E-state index contributed by atoms with van der Waals surface area (Å²) in [4.78, 5) is 12.4. The zero-order valence-corrected chi connectivity index (χ0v) is 20.3. The van der Waals surface area contributed by atoms with E-state index in [-0.39, 0.29) is 18.3 Å². The summed E-state index contributed by atoms with van der Waals surface area (Å²) in [5.41, 5.74) is 2.53. The van der Waals surface area contributed by atoms with Gasteiger partial charge in [0.2, 0.25) is 5.91 Å². The van der Waals surface area contributed by atoms with Gasteiger partial charge in [0.1, 0.15) is 12.4 Å². The number of aromatic nitrogens is 3. The molecule has 1 heterocycles. The Labute approximate surface area is 200 Å². The summed E-state index contributed by atoms with van der Waals surface area (Å²) in [5.74, 6) is 1.43. The lowest BCUT2D eigenvalue weighted by atomic mass is 10.1. The normalized spacial score (nSPS) is 10.9. The number of ether oxygens (including phenoxy) is 1. The average molecular weight is 500 g/mol. The van der Waals surface area contributed by atoms with Gasteiger partial charge in [-0.2, -0.15) is 0 Å². The van der Waals surface area contributed by atoms with Gasteiger partial charge in [0.15, 0.2) is 11.0 Å². The summed E-state index contributed by atoms with van der Waals surface area (Å²) in [7, 11) is 0. The zero-order valence-electron chi connectivity index (χ0n) is 17.2. The fourth-order valence-corrected chi connectivity index (χ4v) is 4.36. The van der Waals surface area contributed by atoms with Crippen LogP contribution in [0.3, 0.4) is 0 Å². The number of amides is 1. The second kappa shape index (κ2) is 10.6. The average Bonchev–Trinajstić information content (AvgIpc) is 3.12. The van der Waals surface area contributed by atoms with Crippen molar-refractivity contribution in [3.05, 3.63) is 62.4 Å². The van der Waals surface area contributed by atoms with Gasteiger partial charge in [-0.3, -0.25) is 4.79 Å². The van der Waals surface area contributed by atoms with E-state index in [9.17, 15) is 4.79 Å². The largest absolute Gasteiger partial charge is 0.485 e. The second-order valence-electron chi connectivity index (χ2n) is 6.74. The Balaban J connectivity index is 1.63. The van der Waals surface area contributed by atoms with Crippen molar-refractivity contribution < 1.29 is 9.53 Å². The summed E-state index contributed by atoms with van der Waals surface area (Å²) < 4.78 is 7.93. The van der Waals surface area contributed by atoms with Gasteiger partial charge in [-0.15, -0.1) is 10.2 Å². The number of anilines is 1. The minimum Gasteiger partial charge on any atom is -0.485 e. The summed E-state index contributed by atoms with van der Waals surface area (Å²) in [6.45, 7) is 6.95. The van der Waals surface area contributed by atoms with Crippen molar-refractivity contribution in [3.8, 4) is 5.75 Å². The van der Waals surface area contributed by atoms with Crippen molar-refractivity contribution in [1.29, 1.82) is 0 Å². The van der Waals surface area contributed by atoms with Crippen LogP contribution in [-0.4, -0.2) is 26.4 Å². The first-order chi connectivity index (χ1) is 14.8. The van der Waals surface area contributed by atoms with Crippen molar-refractivity contribution in [2.45, 2.75) is 39.1 Å². The Bertz CT molecular complexity index is 1080. The predicted octanol–water partition coefficient (Wildman–Crippen LogP) is 6.18. The molecular weight excluding hydrogens is 479 g/mol. The highest BCUT2D eigenvalue weighted by atomic mass is 35.5. The number of carbonyl (C=O) groups excluding carboxylic acids is 1. The number of nitrogens with one attached hydrogen (secondary N) is 1. The third-order valence-electron chi connectivity index (χ3n) is 4.48. The fourth-order valence-electron chi connectivity index (χ4n) is 2.95. The van der Waals surface area contributed by atoms with Gasteiger partial charge in [-0.05, 0) is 44.0 Å². The molecule has 1 amide bonds. The summed E-state index contributed by atoms with van der Waals surface area (Å²) in [6, 6.07) is 9.02. The van der Waals surface area contributed by atoms with Crippen molar-refractivity contribution in [2.24, 2.45) is 0 Å². The van der Waals surface area contributed by atoms with Crippen LogP contribution in [0.15, 0.2) is 35.5 Å². The minimum absolute atomic E-state index is 0.131. The van der Waals surface area contributed by atoms with Crippen LogP contribution in [0.2, 0.25) is 15.1 Å². The maximum absolute atomic E-state index is 12.4. The van der Waals surface area contributed by atoms with Crippen molar-refractivity contribution in [3.63, 3.8) is 0 Å². The monoisotopic (exact) mass is 498 g/mol. The molecule has 31 heavy (non-hydrogen) atoms. The highest BCUT2D eigenvalue weighted by Gasteiger charge is 2.16. The van der Waals surface area contributed by atoms with Crippen LogP contribution in [0.1, 0.15) is 23.9 Å². The number of benzene rings is 2. The van der Waals surface area contributed by atoms with Crippen LogP contribution in [0.4, 0.5) is 5.69 Å². The first kappa shape index (κ1) is 23.7. The van der Waals surface area contributed by atoms with Crippen molar-refractivity contribution in [1.82, 2.24) is 14.8 Å². The molecule has 0 atom stereocenters. The fraction of sp³-hybridized carbons (Fsp3) is 0.286. The van der Waals surface area contributed by atoms with E-state index in [1.165, 1.54) is 23.9 Å². The molecule has 0 aliphatic heterocycles. The number of hydrogen-bond acceptors (Lipinski definition) is 5. The first-order valence-electron chi connectivity index (χ1n) is 9.48. The van der Waals surface area contributed by atoms with Crippen LogP contribution in [-0.2, 0) is 17.9 Å². The van der Waals surface area contributed by atoms with Gasteiger partial charge in [0.05, 0.1) is 26.5 Å². The van der Waals surface area contributed by atoms with Gasteiger partial charge in [0, 0.05) is 6.54 Å². The molecular formula is C21H21Cl3N4O2S. The van der Waals surface area contributed by atoms with E-state index in [1.54, 1.807) is 0 Å². The number of hydrogen-bond donors (Lipinski definition) is 1. The molecule has 164 valence electrons. The third-order valence-corrected chi connectivity index (χ3v) is 6.48. The van der Waals surface area contributed by atoms with Crippen LogP contribution < -0.4 is 10.1 Å². The van der Waals surface area contributed by atoms with Crippen LogP contribution >= 0.6 is 46.6 Å². The van der Waals surface area contributed by atoms with E-state index in [0.717, 1.165) is 16.9 Å². The van der Waals surface area contributed by atoms with Gasteiger partial charge in [-0.25, -0.2) is 0 Å². The van der Waals surface area contributed by atoms with E-state index >= 15 is 0 Å². The number of thioether (sulfide) groups is 1. The number of carbonyl (C=O) groups is 1. The van der Waals surface area contributed by atoms with Crippen LogP contribution in [0, 0.1) is 13.8 Å². The minimum atomic E-state index is -0.246. The summed E-state index contributed by atoms with van der Waals surface area (Å²) >= 11 is 19.3. The molecule has 0 spiro atoms. The molecule has 0 radical (unpaired) electrons. The smallest absolute Gasteiger partial charge is 0.234 e. The standard InChI is InChI=1S/C21H21Cl3N4O2S/c1-4-28-18(10-30-20-12(2)6-5-7-13(20)3)26-27-21(28)31-11-19(29)25-17-9-15(23)14(22)8-16(17)24/h5-9H,4,10-11H2,1-3H3,(H,25,29). The molecule has 1 N–H and O–H groups in total. The molecule has 3 aromatic rings. The number of aryl methyl sites for hydroxylation is 2. The van der Waals surface area contributed by atoms with Gasteiger partial charge < -0.3 is 14.6 Å². The first-order valence-corrected chi connectivity index (χ1v) is 11.6. The van der Waals surface area contributed by atoms with E-state index in [0.29, 0.717) is 38.3 Å². The Morgan fingerprint density at radius 3 is 2.45 bits per heavy atom. The highest BCUT2D eigenvalue weighted by Crippen LogP contribution is 2.32. The highest BCUT2D eigenvalue weighted by molar-refractivity contribution is 7.99. The Morgan fingerprint density at radius 1 is 1.10 bits per heavy atom. The predicted molar refractivity (Wildman–Crippen MR) is 127 cm³/mol. The van der Waals surface area contributed by atoms with Gasteiger partial charge in [-0.1, -0.05) is 64.8 Å². The molecule has 2 aromatic carbocycles. The number of rotatable bonds is 8. The van der Waals surface area contributed by atoms with Crippen LogP contribution in [0.5, 0.6) is 5.75 Å². The zero-order chi connectivity index (χ0) is 22.5. The third kappa shape index (κ3) is 5.86. The maximum atomic E-state index is 12.4. The molecule has 0 bridgehead atoms. The molecule has 0 saturated heterocycles. The Morgan fingerprint density at radius 2 is 1.77 bits per heavy atom.